The van der Waals surface area contributed by atoms with E-state index in [-0.39, 0.29) is 5.91 Å². The number of anilines is 1. The predicted molar refractivity (Wildman–Crippen MR) is 118 cm³/mol. The predicted octanol–water partition coefficient (Wildman–Crippen LogP) is 3.87. The molecule has 5 nitrogen and oxygen atoms in total. The van der Waals surface area contributed by atoms with E-state index in [0.29, 0.717) is 12.2 Å². The molecule has 0 fully saturated rings. The van der Waals surface area contributed by atoms with E-state index in [1.54, 1.807) is 19.1 Å². The minimum absolute atomic E-state index is 0.334. The summed E-state index contributed by atoms with van der Waals surface area (Å²) < 4.78 is 26.0. The van der Waals surface area contributed by atoms with Crippen LogP contribution in [-0.4, -0.2) is 26.6 Å². The van der Waals surface area contributed by atoms with E-state index in [1.165, 1.54) is 4.31 Å². The molecular formula is C23H26N2O3S. The molecule has 0 unspecified atom stereocenters. The number of sulfonamides is 1. The second-order valence-electron chi connectivity index (χ2n) is 7.15. The Kier molecular flexibility index (Phi) is 6.23. The van der Waals surface area contributed by atoms with E-state index in [9.17, 15) is 13.2 Å². The van der Waals surface area contributed by atoms with Gasteiger partial charge in [0.05, 0.1) is 11.9 Å². The smallest absolute Gasteiger partial charge is 0.243 e. The number of aryl methyl sites for hydroxylation is 1. The average Bonchev–Trinajstić information content (AvgIpc) is 2.71. The highest BCUT2D eigenvalue weighted by Gasteiger charge is 2.28. The monoisotopic (exact) mass is 410 g/mol. The number of nitrogens with one attached hydrogen (secondary N) is 1. The number of nitrogens with zero attached hydrogens (tertiary/aromatic N) is 1. The highest BCUT2D eigenvalue weighted by atomic mass is 32.2. The molecular weight excluding hydrogens is 384 g/mol. The Hall–Kier alpha value is -2.86. The van der Waals surface area contributed by atoms with Crippen molar-refractivity contribution in [1.82, 2.24) is 5.32 Å². The van der Waals surface area contributed by atoms with Gasteiger partial charge in [-0.15, -0.1) is 0 Å². The summed E-state index contributed by atoms with van der Waals surface area (Å²) in [5, 5.41) is 5.10. The van der Waals surface area contributed by atoms with Gasteiger partial charge in [0, 0.05) is 6.54 Å². The number of hydrogen-bond donors (Lipinski definition) is 1. The Morgan fingerprint density at radius 3 is 2.21 bits per heavy atom. The molecule has 0 saturated carbocycles. The first-order chi connectivity index (χ1) is 13.8. The molecule has 3 rings (SSSR count). The topological polar surface area (TPSA) is 66.5 Å². The minimum Gasteiger partial charge on any atom is -0.350 e. The van der Waals surface area contributed by atoms with Gasteiger partial charge in [-0.25, -0.2) is 8.42 Å². The van der Waals surface area contributed by atoms with Gasteiger partial charge in [-0.1, -0.05) is 55.5 Å². The molecule has 1 atom stereocenters. The summed E-state index contributed by atoms with van der Waals surface area (Å²) in [5.41, 5.74) is 2.55. The van der Waals surface area contributed by atoms with Crippen molar-refractivity contribution in [1.29, 1.82) is 0 Å². The van der Waals surface area contributed by atoms with Crippen LogP contribution in [0.15, 0.2) is 66.7 Å². The summed E-state index contributed by atoms with van der Waals surface area (Å²) in [6, 6.07) is 20.4. The van der Waals surface area contributed by atoms with Crippen LogP contribution in [0.3, 0.4) is 0 Å². The van der Waals surface area contributed by atoms with Crippen LogP contribution in [0, 0.1) is 0 Å². The zero-order valence-corrected chi connectivity index (χ0v) is 17.7. The fraction of sp³-hybridized carbons (Fsp3) is 0.261. The third-order valence-corrected chi connectivity index (χ3v) is 6.21. The third-order valence-electron chi connectivity index (χ3n) is 4.97. The van der Waals surface area contributed by atoms with Crippen molar-refractivity contribution in [3.05, 3.63) is 77.9 Å². The molecule has 0 aromatic heterocycles. The fourth-order valence-corrected chi connectivity index (χ4v) is 4.55. The van der Waals surface area contributed by atoms with E-state index in [0.717, 1.165) is 34.6 Å². The van der Waals surface area contributed by atoms with Gasteiger partial charge in [0.1, 0.15) is 6.04 Å². The van der Waals surface area contributed by atoms with Crippen molar-refractivity contribution in [3.8, 4) is 0 Å². The lowest BCUT2D eigenvalue weighted by atomic mass is 10.1. The number of amides is 1. The molecule has 0 aliphatic heterocycles. The molecule has 0 saturated heterocycles. The van der Waals surface area contributed by atoms with Crippen molar-refractivity contribution < 1.29 is 13.2 Å². The maximum atomic E-state index is 12.7. The maximum absolute atomic E-state index is 12.7. The molecule has 29 heavy (non-hydrogen) atoms. The molecule has 0 bridgehead atoms. The molecule has 1 N–H and O–H groups in total. The first-order valence-electron chi connectivity index (χ1n) is 9.63. The second-order valence-corrected chi connectivity index (χ2v) is 9.01. The molecule has 6 heteroatoms. The third kappa shape index (κ3) is 4.95. The van der Waals surface area contributed by atoms with Crippen molar-refractivity contribution >= 4 is 32.4 Å². The van der Waals surface area contributed by atoms with Crippen LogP contribution in [0.5, 0.6) is 0 Å². The lowest BCUT2D eigenvalue weighted by Gasteiger charge is -2.28. The van der Waals surface area contributed by atoms with Crippen molar-refractivity contribution in [3.63, 3.8) is 0 Å². The first kappa shape index (κ1) is 20.9. The van der Waals surface area contributed by atoms with Gasteiger partial charge in [0.2, 0.25) is 15.9 Å². The molecule has 0 spiro atoms. The van der Waals surface area contributed by atoms with Crippen LogP contribution in [0.2, 0.25) is 0 Å². The van der Waals surface area contributed by atoms with Crippen LogP contribution < -0.4 is 9.62 Å². The van der Waals surface area contributed by atoms with E-state index >= 15 is 0 Å². The largest absolute Gasteiger partial charge is 0.350 e. The Bertz CT molecular complexity index is 1110. The van der Waals surface area contributed by atoms with Crippen LogP contribution in [0.25, 0.3) is 10.8 Å². The highest BCUT2D eigenvalue weighted by Crippen LogP contribution is 2.22. The maximum Gasteiger partial charge on any atom is 0.243 e. The number of benzene rings is 3. The zero-order valence-electron chi connectivity index (χ0n) is 16.9. The number of carbonyl (C=O) groups is 1. The van der Waals surface area contributed by atoms with Gasteiger partial charge in [-0.3, -0.25) is 9.10 Å². The summed E-state index contributed by atoms with van der Waals surface area (Å²) in [7, 11) is -3.62. The minimum atomic E-state index is -3.62. The summed E-state index contributed by atoms with van der Waals surface area (Å²) in [6.07, 6.45) is 1.98. The molecule has 0 aliphatic carbocycles. The van der Waals surface area contributed by atoms with E-state index in [2.05, 4.69) is 5.32 Å². The molecule has 0 aliphatic rings. The Labute approximate surface area is 172 Å². The number of rotatable bonds is 7. The lowest BCUT2D eigenvalue weighted by Crippen LogP contribution is -2.47. The Balaban J connectivity index is 1.76. The summed E-state index contributed by atoms with van der Waals surface area (Å²) >= 11 is 0. The SMILES string of the molecule is CCc1ccc(N([C@@H](C)C(=O)NCc2ccc3ccccc3c2)S(C)(=O)=O)cc1. The molecule has 3 aromatic rings. The Morgan fingerprint density at radius 2 is 1.59 bits per heavy atom. The first-order valence-corrected chi connectivity index (χ1v) is 11.5. The van der Waals surface area contributed by atoms with E-state index < -0.39 is 16.1 Å². The van der Waals surface area contributed by atoms with Crippen molar-refractivity contribution in [2.24, 2.45) is 0 Å². The van der Waals surface area contributed by atoms with Crippen molar-refractivity contribution in [2.75, 3.05) is 10.6 Å². The lowest BCUT2D eigenvalue weighted by molar-refractivity contribution is -0.122. The second kappa shape index (κ2) is 8.66. The normalized spacial score (nSPS) is 12.5. The van der Waals surface area contributed by atoms with E-state index in [1.807, 2.05) is 61.5 Å². The Morgan fingerprint density at radius 1 is 0.966 bits per heavy atom. The number of hydrogen-bond acceptors (Lipinski definition) is 3. The van der Waals surface area contributed by atoms with Gasteiger partial charge in [-0.2, -0.15) is 0 Å². The summed E-state index contributed by atoms with van der Waals surface area (Å²) in [5.74, 6) is -0.344. The van der Waals surface area contributed by atoms with Crippen LogP contribution in [-0.2, 0) is 27.8 Å². The molecule has 0 radical (unpaired) electrons. The van der Waals surface area contributed by atoms with Gasteiger partial charge < -0.3 is 5.32 Å². The molecule has 152 valence electrons. The highest BCUT2D eigenvalue weighted by molar-refractivity contribution is 7.92. The quantitative estimate of drug-likeness (QED) is 0.643. The van der Waals surface area contributed by atoms with Gasteiger partial charge in [0.25, 0.3) is 0 Å². The van der Waals surface area contributed by atoms with Crippen LogP contribution in [0.1, 0.15) is 25.0 Å². The standard InChI is InChI=1S/C23H26N2O3S/c1-4-18-10-13-22(14-11-18)25(29(3,27)28)17(2)23(26)24-16-19-9-12-20-7-5-6-8-21(20)15-19/h5-15,17H,4,16H2,1-3H3,(H,24,26)/t17-/m0/s1. The molecule has 0 heterocycles. The summed E-state index contributed by atoms with van der Waals surface area (Å²) in [6.45, 7) is 3.97. The zero-order chi connectivity index (χ0) is 21.0. The van der Waals surface area contributed by atoms with Gasteiger partial charge in [-0.05, 0) is 53.4 Å². The number of carbonyl (C=O) groups excluding carboxylic acids is 1. The average molecular weight is 411 g/mol. The van der Waals surface area contributed by atoms with Gasteiger partial charge in [0.15, 0.2) is 0 Å². The summed E-state index contributed by atoms with van der Waals surface area (Å²) in [4.78, 5) is 12.7. The van der Waals surface area contributed by atoms with Crippen LogP contribution in [0.4, 0.5) is 5.69 Å². The van der Waals surface area contributed by atoms with E-state index in [4.69, 9.17) is 0 Å². The van der Waals surface area contributed by atoms with Crippen LogP contribution >= 0.6 is 0 Å². The number of fused-ring (bicyclic) bond motifs is 1. The molecule has 3 aromatic carbocycles. The molecule has 1 amide bonds. The van der Waals surface area contributed by atoms with Gasteiger partial charge >= 0.3 is 0 Å². The van der Waals surface area contributed by atoms with Crippen molar-refractivity contribution in [2.45, 2.75) is 32.9 Å². The fourth-order valence-electron chi connectivity index (χ4n) is 3.37.